The Kier molecular flexibility index (Phi) is 15.4. The van der Waals surface area contributed by atoms with E-state index in [1.54, 1.807) is 24.8 Å². The van der Waals surface area contributed by atoms with Gasteiger partial charge in [0.1, 0.15) is 11.2 Å². The maximum Gasteiger partial charge on any atom is 0.410 e. The molecule has 0 saturated carbocycles. The first-order valence-corrected chi connectivity index (χ1v) is 18.7. The standard InChI is InChI=1S/C17H25ClN4O2.C12H22N2O2.C5H4BrClN2.ClH/c1-16(2,3)24-15(23)22-6-4-17(5-7-22)11-21(12-17)10-13-8-19-14(18)20-9-13;1-11(2,3)16-10(15)14-6-4-12(5-7-14)8-13-9-12;6-1-4-2-8-5(7)9-3-4;/h8-9H,4-7,10-12H2,1-3H3;13H,4-9H2,1-3H3;2-3H,1H2;1H. The molecule has 50 heavy (non-hydrogen) atoms. The largest absolute Gasteiger partial charge is 0.444 e. The highest BCUT2D eigenvalue weighted by atomic mass is 79.9. The topological polar surface area (TPSA) is 126 Å². The number of alkyl halides is 1. The van der Waals surface area contributed by atoms with Crippen LogP contribution in [0.3, 0.4) is 0 Å². The van der Waals surface area contributed by atoms with Crippen molar-refractivity contribution in [2.45, 2.75) is 90.3 Å². The van der Waals surface area contributed by atoms with E-state index in [-0.39, 0.29) is 35.5 Å². The summed E-state index contributed by atoms with van der Waals surface area (Å²) in [5.74, 6) is 0. The summed E-state index contributed by atoms with van der Waals surface area (Å²) < 4.78 is 10.8. The summed E-state index contributed by atoms with van der Waals surface area (Å²) in [5.41, 5.74) is 2.13. The van der Waals surface area contributed by atoms with E-state index < -0.39 is 5.60 Å². The molecule has 12 nitrogen and oxygen atoms in total. The molecule has 16 heteroatoms. The smallest absolute Gasteiger partial charge is 0.410 e. The molecule has 4 aliphatic rings. The number of piperidine rings is 2. The van der Waals surface area contributed by atoms with Gasteiger partial charge in [0.2, 0.25) is 10.6 Å². The van der Waals surface area contributed by atoms with Gasteiger partial charge in [-0.05, 0) is 107 Å². The maximum atomic E-state index is 12.1. The summed E-state index contributed by atoms with van der Waals surface area (Å²) in [6, 6.07) is 0. The van der Waals surface area contributed by atoms with Gasteiger partial charge in [-0.25, -0.2) is 29.5 Å². The van der Waals surface area contributed by atoms with E-state index in [9.17, 15) is 9.59 Å². The van der Waals surface area contributed by atoms with Gasteiger partial charge in [0.25, 0.3) is 0 Å². The quantitative estimate of drug-likeness (QED) is 0.255. The summed E-state index contributed by atoms with van der Waals surface area (Å²) >= 11 is 14.4. The Morgan fingerprint density at radius 1 is 0.740 bits per heavy atom. The Morgan fingerprint density at radius 2 is 1.12 bits per heavy atom. The molecular formula is C34H52BrCl3N8O4. The highest BCUT2D eigenvalue weighted by Gasteiger charge is 2.45. The molecule has 0 aliphatic carbocycles. The maximum absolute atomic E-state index is 12.1. The number of hydrogen-bond acceptors (Lipinski definition) is 10. The van der Waals surface area contributed by atoms with Crippen LogP contribution in [0.2, 0.25) is 10.6 Å². The number of hydrogen-bond donors (Lipinski definition) is 1. The van der Waals surface area contributed by atoms with Crippen LogP contribution in [-0.2, 0) is 21.3 Å². The number of nitrogens with zero attached hydrogens (tertiary/aromatic N) is 7. The van der Waals surface area contributed by atoms with Crippen molar-refractivity contribution < 1.29 is 19.1 Å². The Balaban J connectivity index is 0.000000224. The lowest BCUT2D eigenvalue weighted by molar-refractivity contribution is -0.0551. The van der Waals surface area contributed by atoms with Gasteiger partial charge in [-0.3, -0.25) is 4.90 Å². The van der Waals surface area contributed by atoms with Gasteiger partial charge in [-0.15, -0.1) is 12.4 Å². The van der Waals surface area contributed by atoms with Crippen molar-refractivity contribution in [1.29, 1.82) is 0 Å². The van der Waals surface area contributed by atoms with Crippen molar-refractivity contribution in [1.82, 2.24) is 40.0 Å². The Morgan fingerprint density at radius 3 is 1.46 bits per heavy atom. The van der Waals surface area contributed by atoms with Gasteiger partial charge >= 0.3 is 12.2 Å². The predicted molar refractivity (Wildman–Crippen MR) is 201 cm³/mol. The first kappa shape index (κ1) is 42.4. The van der Waals surface area contributed by atoms with Gasteiger partial charge in [-0.2, -0.15) is 0 Å². The number of aromatic nitrogens is 4. The minimum absolute atomic E-state index is 0. The van der Waals surface area contributed by atoms with E-state index in [4.69, 9.17) is 32.7 Å². The normalized spacial score (nSPS) is 19.4. The fourth-order valence-electron chi connectivity index (χ4n) is 6.23. The molecule has 6 heterocycles. The summed E-state index contributed by atoms with van der Waals surface area (Å²) in [7, 11) is 0. The van der Waals surface area contributed by atoms with Crippen LogP contribution >= 0.6 is 51.5 Å². The van der Waals surface area contributed by atoms with Crippen LogP contribution in [0.15, 0.2) is 24.8 Å². The minimum atomic E-state index is -0.430. The van der Waals surface area contributed by atoms with Crippen molar-refractivity contribution >= 4 is 63.7 Å². The number of rotatable bonds is 3. The predicted octanol–water partition coefficient (Wildman–Crippen LogP) is 7.02. The Hall–Kier alpha value is -2.03. The Bertz CT molecular complexity index is 1360. The minimum Gasteiger partial charge on any atom is -0.444 e. The summed E-state index contributed by atoms with van der Waals surface area (Å²) in [5, 5.41) is 4.66. The molecule has 0 unspecified atom stereocenters. The van der Waals surface area contributed by atoms with Crippen molar-refractivity contribution in [2.24, 2.45) is 10.8 Å². The second-order valence-corrected chi connectivity index (χ2v) is 16.8. The SMILES string of the molecule is CC(C)(C)OC(=O)N1CCC2(CC1)CN(Cc1cnc(Cl)nc1)C2.CC(C)(C)OC(=O)N1CCC2(CC1)CNC2.Cl.Clc1ncc(CBr)cn1. The number of ether oxygens (including phenoxy) is 2. The molecular weight excluding hydrogens is 771 g/mol. The molecule has 4 saturated heterocycles. The number of carbonyl (C=O) groups is 2. The molecule has 2 aromatic rings. The van der Waals surface area contributed by atoms with E-state index in [2.05, 4.69) is 46.1 Å². The van der Waals surface area contributed by atoms with Crippen molar-refractivity contribution in [3.05, 3.63) is 46.5 Å². The molecule has 2 aromatic heterocycles. The number of amides is 2. The molecule has 280 valence electrons. The molecule has 0 bridgehead atoms. The van der Waals surface area contributed by atoms with Crippen LogP contribution in [0.1, 0.15) is 78.4 Å². The van der Waals surface area contributed by atoms with E-state index in [1.807, 2.05) is 51.3 Å². The average Bonchev–Trinajstić information content (AvgIpc) is 3.00. The first-order chi connectivity index (χ1) is 23.0. The van der Waals surface area contributed by atoms with Gasteiger partial charge < -0.3 is 24.6 Å². The molecule has 2 amide bonds. The highest BCUT2D eigenvalue weighted by molar-refractivity contribution is 9.08. The zero-order chi connectivity index (χ0) is 35.9. The number of halogens is 4. The fourth-order valence-corrected chi connectivity index (χ4v) is 6.71. The fraction of sp³-hybridized carbons (Fsp3) is 0.706. The number of likely N-dealkylation sites (tertiary alicyclic amines) is 3. The first-order valence-electron chi connectivity index (χ1n) is 16.9. The van der Waals surface area contributed by atoms with Crippen LogP contribution in [0.25, 0.3) is 0 Å². The third-order valence-corrected chi connectivity index (χ3v) is 10.0. The third-order valence-electron chi connectivity index (χ3n) is 8.98. The zero-order valence-electron chi connectivity index (χ0n) is 30.0. The van der Waals surface area contributed by atoms with Crippen LogP contribution in [0.4, 0.5) is 9.59 Å². The zero-order valence-corrected chi connectivity index (χ0v) is 33.9. The second kappa shape index (κ2) is 18.1. The average molecular weight is 823 g/mol. The molecule has 1 N–H and O–H groups in total. The molecule has 4 fully saturated rings. The monoisotopic (exact) mass is 820 g/mol. The van der Waals surface area contributed by atoms with E-state index in [0.29, 0.717) is 16.1 Å². The number of nitrogens with one attached hydrogen (secondary N) is 1. The number of carbonyl (C=O) groups excluding carboxylic acids is 2. The molecule has 2 spiro atoms. The van der Waals surface area contributed by atoms with Crippen LogP contribution < -0.4 is 5.32 Å². The molecule has 0 aromatic carbocycles. The molecule has 0 radical (unpaired) electrons. The molecule has 0 atom stereocenters. The van der Waals surface area contributed by atoms with Crippen LogP contribution in [-0.4, -0.2) is 110 Å². The van der Waals surface area contributed by atoms with Gasteiger partial charge in [0.05, 0.1) is 0 Å². The van der Waals surface area contributed by atoms with Gasteiger partial charge in [0.15, 0.2) is 0 Å². The van der Waals surface area contributed by atoms with Gasteiger partial charge in [0, 0.05) is 94.6 Å². The second-order valence-electron chi connectivity index (χ2n) is 15.5. The van der Waals surface area contributed by atoms with Crippen molar-refractivity contribution in [2.75, 3.05) is 52.4 Å². The molecule has 6 rings (SSSR count). The van der Waals surface area contributed by atoms with Gasteiger partial charge in [-0.1, -0.05) is 15.9 Å². The van der Waals surface area contributed by atoms with Crippen LogP contribution in [0, 0.1) is 10.8 Å². The lowest BCUT2D eigenvalue weighted by atomic mass is 9.72. The lowest BCUT2D eigenvalue weighted by Gasteiger charge is -2.54. The molecule has 4 aliphatic heterocycles. The summed E-state index contributed by atoms with van der Waals surface area (Å²) in [4.78, 5) is 45.6. The highest BCUT2D eigenvalue weighted by Crippen LogP contribution is 2.41. The summed E-state index contributed by atoms with van der Waals surface area (Å²) in [6.45, 7) is 19.9. The lowest BCUT2D eigenvalue weighted by Crippen LogP contribution is -2.60. The Labute approximate surface area is 321 Å². The summed E-state index contributed by atoms with van der Waals surface area (Å²) in [6.07, 6.45) is 10.9. The van der Waals surface area contributed by atoms with Crippen molar-refractivity contribution in [3.63, 3.8) is 0 Å². The van der Waals surface area contributed by atoms with E-state index in [1.165, 1.54) is 0 Å². The third kappa shape index (κ3) is 13.2. The van der Waals surface area contributed by atoms with Crippen molar-refractivity contribution in [3.8, 4) is 0 Å². The van der Waals surface area contributed by atoms with E-state index in [0.717, 1.165) is 101 Å². The van der Waals surface area contributed by atoms with Crippen LogP contribution in [0.5, 0.6) is 0 Å². The van der Waals surface area contributed by atoms with E-state index >= 15 is 0 Å².